The third kappa shape index (κ3) is 3.61. The van der Waals surface area contributed by atoms with Gasteiger partial charge in [-0.25, -0.2) is 9.67 Å². The average molecular weight is 392 g/mol. The number of ether oxygens (including phenoxy) is 1. The Kier molecular flexibility index (Phi) is 4.83. The van der Waals surface area contributed by atoms with Crippen LogP contribution in [0.4, 0.5) is 0 Å². The summed E-state index contributed by atoms with van der Waals surface area (Å²) < 4.78 is 7.69. The van der Waals surface area contributed by atoms with Crippen LogP contribution in [0.5, 0.6) is 11.6 Å². The smallest absolute Gasteiger partial charge is 0.261 e. The zero-order valence-corrected chi connectivity index (χ0v) is 16.7. The molecular weight excluding hydrogens is 372 g/mol. The van der Waals surface area contributed by atoms with Crippen molar-refractivity contribution in [2.45, 2.75) is 26.8 Å². The largest absolute Gasteiger partial charge is 0.439 e. The number of nitrogens with zero attached hydrogens (tertiary/aromatic N) is 3. The van der Waals surface area contributed by atoms with Gasteiger partial charge in [-0.3, -0.25) is 4.79 Å². The van der Waals surface area contributed by atoms with Crippen molar-refractivity contribution in [1.29, 1.82) is 0 Å². The number of aromatic nitrogens is 3. The molecule has 0 unspecified atom stereocenters. The molecule has 0 radical (unpaired) electrons. The molecule has 4 aromatic rings. The lowest BCUT2D eigenvalue weighted by atomic mass is 10.2. The molecule has 4 rings (SSSR count). The summed E-state index contributed by atoms with van der Waals surface area (Å²) >= 11 is 1.39. The van der Waals surface area contributed by atoms with Crippen LogP contribution in [-0.2, 0) is 0 Å². The molecule has 1 aromatic carbocycles. The standard InChI is InChI=1S/C21H20N4O2S/c1-13(2)24-21(26)19-9-16(12-28-19)25-17-11-22-20(8-15(17)10-23-25)27-18-7-5-4-6-14(18)3/h4-13H,1-3H3,(H,24,26). The second kappa shape index (κ2) is 7.44. The first kappa shape index (κ1) is 18.2. The number of para-hydroxylation sites is 1. The summed E-state index contributed by atoms with van der Waals surface area (Å²) in [5.41, 5.74) is 2.74. The lowest BCUT2D eigenvalue weighted by Crippen LogP contribution is -2.29. The minimum Gasteiger partial charge on any atom is -0.439 e. The third-order valence-corrected chi connectivity index (χ3v) is 5.13. The van der Waals surface area contributed by atoms with E-state index >= 15 is 0 Å². The summed E-state index contributed by atoms with van der Waals surface area (Å²) in [6.45, 7) is 5.88. The number of hydrogen-bond donors (Lipinski definition) is 1. The highest BCUT2D eigenvalue weighted by Gasteiger charge is 2.14. The highest BCUT2D eigenvalue weighted by Crippen LogP contribution is 2.27. The van der Waals surface area contributed by atoms with Crippen LogP contribution in [0.3, 0.4) is 0 Å². The van der Waals surface area contributed by atoms with Crippen LogP contribution in [0.1, 0.15) is 29.1 Å². The predicted octanol–water partition coefficient (Wildman–Crippen LogP) is 4.72. The molecule has 0 aliphatic heterocycles. The molecule has 3 heterocycles. The number of carbonyl (C=O) groups excluding carboxylic acids is 1. The number of nitrogens with one attached hydrogen (secondary N) is 1. The SMILES string of the molecule is Cc1ccccc1Oc1cc2cnn(-c3csc(C(=O)NC(C)C)c3)c2cn1. The number of thiophene rings is 1. The highest BCUT2D eigenvalue weighted by atomic mass is 32.1. The Labute approximate surface area is 166 Å². The lowest BCUT2D eigenvalue weighted by molar-refractivity contribution is 0.0947. The lowest BCUT2D eigenvalue weighted by Gasteiger charge is -2.07. The second-order valence-electron chi connectivity index (χ2n) is 6.80. The Morgan fingerprint density at radius 2 is 2.04 bits per heavy atom. The Hall–Kier alpha value is -3.19. The van der Waals surface area contributed by atoms with Gasteiger partial charge in [-0.2, -0.15) is 5.10 Å². The molecule has 0 bridgehead atoms. The van der Waals surface area contributed by atoms with E-state index in [9.17, 15) is 4.79 Å². The monoisotopic (exact) mass is 392 g/mol. The van der Waals surface area contributed by atoms with Crippen LogP contribution in [0.25, 0.3) is 16.6 Å². The normalized spacial score (nSPS) is 11.1. The highest BCUT2D eigenvalue weighted by molar-refractivity contribution is 7.12. The molecule has 0 atom stereocenters. The van der Waals surface area contributed by atoms with Gasteiger partial charge in [0.15, 0.2) is 0 Å². The van der Waals surface area contributed by atoms with E-state index in [1.54, 1.807) is 17.1 Å². The van der Waals surface area contributed by atoms with Gasteiger partial charge in [-0.15, -0.1) is 11.3 Å². The number of amides is 1. The molecule has 0 fully saturated rings. The number of benzene rings is 1. The van der Waals surface area contributed by atoms with Gasteiger partial charge in [0, 0.05) is 22.9 Å². The fourth-order valence-electron chi connectivity index (χ4n) is 2.84. The summed E-state index contributed by atoms with van der Waals surface area (Å²) in [7, 11) is 0. The Bertz CT molecular complexity index is 1150. The van der Waals surface area contributed by atoms with Gasteiger partial charge in [-0.1, -0.05) is 18.2 Å². The zero-order chi connectivity index (χ0) is 19.7. The van der Waals surface area contributed by atoms with Crippen molar-refractivity contribution >= 4 is 28.1 Å². The van der Waals surface area contributed by atoms with Crippen LogP contribution in [0.2, 0.25) is 0 Å². The van der Waals surface area contributed by atoms with E-state index in [4.69, 9.17) is 4.74 Å². The summed E-state index contributed by atoms with van der Waals surface area (Å²) in [5.74, 6) is 1.22. The fraction of sp³-hybridized carbons (Fsp3) is 0.190. The van der Waals surface area contributed by atoms with E-state index in [2.05, 4.69) is 15.4 Å². The molecular formula is C21H20N4O2S. The fourth-order valence-corrected chi connectivity index (χ4v) is 3.61. The van der Waals surface area contributed by atoms with Crippen LogP contribution in [0, 0.1) is 6.92 Å². The predicted molar refractivity (Wildman–Crippen MR) is 111 cm³/mol. The van der Waals surface area contributed by atoms with Gasteiger partial charge in [0.1, 0.15) is 5.75 Å². The van der Waals surface area contributed by atoms with E-state index in [1.807, 2.05) is 62.5 Å². The minimum absolute atomic E-state index is 0.0743. The van der Waals surface area contributed by atoms with Crippen LogP contribution < -0.4 is 10.1 Å². The van der Waals surface area contributed by atoms with Gasteiger partial charge in [0.05, 0.1) is 28.5 Å². The number of pyridine rings is 1. The van der Waals surface area contributed by atoms with Crippen molar-refractivity contribution in [2.75, 3.05) is 0 Å². The molecule has 0 aliphatic carbocycles. The summed E-state index contributed by atoms with van der Waals surface area (Å²) in [4.78, 5) is 17.3. The van der Waals surface area contributed by atoms with E-state index < -0.39 is 0 Å². The van der Waals surface area contributed by atoms with Crippen molar-refractivity contribution in [3.8, 4) is 17.3 Å². The molecule has 3 aromatic heterocycles. The van der Waals surface area contributed by atoms with Gasteiger partial charge < -0.3 is 10.1 Å². The van der Waals surface area contributed by atoms with Crippen molar-refractivity contribution in [3.63, 3.8) is 0 Å². The van der Waals surface area contributed by atoms with E-state index in [1.165, 1.54) is 11.3 Å². The van der Waals surface area contributed by atoms with Crippen LogP contribution in [-0.4, -0.2) is 26.7 Å². The molecule has 0 aliphatic rings. The Morgan fingerprint density at radius 3 is 2.82 bits per heavy atom. The number of carbonyl (C=O) groups is 1. The van der Waals surface area contributed by atoms with Gasteiger partial charge in [0.25, 0.3) is 5.91 Å². The van der Waals surface area contributed by atoms with Crippen molar-refractivity contribution in [3.05, 3.63) is 64.6 Å². The number of aryl methyl sites for hydroxylation is 1. The molecule has 28 heavy (non-hydrogen) atoms. The molecule has 0 saturated carbocycles. The molecule has 142 valence electrons. The van der Waals surface area contributed by atoms with Crippen molar-refractivity contribution in [1.82, 2.24) is 20.1 Å². The minimum atomic E-state index is -0.0743. The van der Waals surface area contributed by atoms with E-state index in [-0.39, 0.29) is 11.9 Å². The van der Waals surface area contributed by atoms with Gasteiger partial charge in [-0.05, 0) is 38.5 Å². The van der Waals surface area contributed by atoms with Gasteiger partial charge >= 0.3 is 0 Å². The first-order valence-electron chi connectivity index (χ1n) is 8.98. The number of rotatable bonds is 5. The van der Waals surface area contributed by atoms with Gasteiger partial charge in [0.2, 0.25) is 5.88 Å². The Balaban J connectivity index is 1.61. The first-order valence-corrected chi connectivity index (χ1v) is 9.86. The number of hydrogen-bond acceptors (Lipinski definition) is 5. The van der Waals surface area contributed by atoms with E-state index in [0.29, 0.717) is 10.8 Å². The quantitative estimate of drug-likeness (QED) is 0.533. The maximum atomic E-state index is 12.2. The number of fused-ring (bicyclic) bond motifs is 1. The average Bonchev–Trinajstić information content (AvgIpc) is 3.29. The molecule has 7 heteroatoms. The molecule has 1 N–H and O–H groups in total. The Morgan fingerprint density at radius 1 is 1.21 bits per heavy atom. The second-order valence-corrected chi connectivity index (χ2v) is 7.71. The maximum Gasteiger partial charge on any atom is 0.261 e. The van der Waals surface area contributed by atoms with Crippen molar-refractivity contribution in [2.24, 2.45) is 0 Å². The van der Waals surface area contributed by atoms with Crippen molar-refractivity contribution < 1.29 is 9.53 Å². The molecule has 0 saturated heterocycles. The zero-order valence-electron chi connectivity index (χ0n) is 15.8. The molecule has 1 amide bonds. The summed E-state index contributed by atoms with van der Waals surface area (Å²) in [6, 6.07) is 11.6. The summed E-state index contributed by atoms with van der Waals surface area (Å²) in [5, 5.41) is 10.2. The summed E-state index contributed by atoms with van der Waals surface area (Å²) in [6.07, 6.45) is 3.51. The molecule has 0 spiro atoms. The van der Waals surface area contributed by atoms with Crippen LogP contribution >= 0.6 is 11.3 Å². The topological polar surface area (TPSA) is 69.0 Å². The van der Waals surface area contributed by atoms with Crippen LogP contribution in [0.15, 0.2) is 54.2 Å². The maximum absolute atomic E-state index is 12.2. The van der Waals surface area contributed by atoms with E-state index in [0.717, 1.165) is 27.9 Å². The third-order valence-electron chi connectivity index (χ3n) is 4.21. The molecule has 6 nitrogen and oxygen atoms in total. The first-order chi connectivity index (χ1) is 13.5.